The van der Waals surface area contributed by atoms with Gasteiger partial charge in [0, 0.05) is 6.54 Å². The van der Waals surface area contributed by atoms with Gasteiger partial charge in [0.25, 0.3) is 6.43 Å². The molecule has 0 amide bonds. The van der Waals surface area contributed by atoms with Gasteiger partial charge < -0.3 is 10.8 Å². The van der Waals surface area contributed by atoms with Crippen LogP contribution in [0, 0.1) is 11.3 Å². The number of alkyl halides is 2. The Morgan fingerprint density at radius 1 is 1.40 bits per heavy atom. The highest BCUT2D eigenvalue weighted by molar-refractivity contribution is 5.76. The third-order valence-electron chi connectivity index (χ3n) is 3.46. The van der Waals surface area contributed by atoms with Crippen LogP contribution in [0.1, 0.15) is 32.1 Å². The summed E-state index contributed by atoms with van der Waals surface area (Å²) in [4.78, 5) is 11.0. The summed E-state index contributed by atoms with van der Waals surface area (Å²) >= 11 is 0. The van der Waals surface area contributed by atoms with Gasteiger partial charge in [-0.05, 0) is 18.8 Å². The Hall–Kier alpha value is -0.710. The molecular weight excluding hydrogens is 204 g/mol. The van der Waals surface area contributed by atoms with Crippen LogP contribution in [0.4, 0.5) is 8.78 Å². The van der Waals surface area contributed by atoms with Crippen molar-refractivity contribution < 1.29 is 18.7 Å². The Kier molecular flexibility index (Phi) is 4.02. The molecule has 0 aliphatic heterocycles. The second-order valence-corrected chi connectivity index (χ2v) is 4.19. The van der Waals surface area contributed by atoms with E-state index in [-0.39, 0.29) is 0 Å². The van der Waals surface area contributed by atoms with E-state index < -0.39 is 30.3 Å². The molecule has 0 heterocycles. The second-order valence-electron chi connectivity index (χ2n) is 4.19. The first-order valence-corrected chi connectivity index (χ1v) is 5.27. The molecule has 15 heavy (non-hydrogen) atoms. The molecular formula is C10H17F2NO2. The zero-order valence-corrected chi connectivity index (χ0v) is 8.59. The lowest BCUT2D eigenvalue weighted by molar-refractivity contribution is -0.166. The van der Waals surface area contributed by atoms with Crippen molar-refractivity contribution in [2.24, 2.45) is 17.1 Å². The number of aliphatic carboxylic acids is 1. The fourth-order valence-corrected chi connectivity index (χ4v) is 2.41. The van der Waals surface area contributed by atoms with Crippen molar-refractivity contribution in [1.29, 1.82) is 0 Å². The van der Waals surface area contributed by atoms with Crippen LogP contribution in [-0.2, 0) is 4.79 Å². The molecule has 1 fully saturated rings. The Balaban J connectivity index is 2.91. The molecule has 1 atom stereocenters. The predicted octanol–water partition coefficient (Wildman–Crippen LogP) is 1.86. The third-order valence-corrected chi connectivity index (χ3v) is 3.46. The summed E-state index contributed by atoms with van der Waals surface area (Å²) in [6.45, 7) is -0.481. The SMILES string of the molecule is NCC(C(=O)O)(C(F)F)C1CCCCC1. The maximum Gasteiger partial charge on any atom is 0.317 e. The van der Waals surface area contributed by atoms with Gasteiger partial charge in [0.15, 0.2) is 0 Å². The van der Waals surface area contributed by atoms with Crippen molar-refractivity contribution in [2.75, 3.05) is 6.54 Å². The minimum absolute atomic E-state index is 0.478. The molecule has 0 saturated heterocycles. The number of carboxylic acids is 1. The fraction of sp³-hybridized carbons (Fsp3) is 0.900. The van der Waals surface area contributed by atoms with Gasteiger partial charge in [-0.3, -0.25) is 4.79 Å². The molecule has 1 saturated carbocycles. The average Bonchev–Trinajstić information content (AvgIpc) is 2.20. The van der Waals surface area contributed by atoms with Crippen LogP contribution in [0.25, 0.3) is 0 Å². The number of hydrogen-bond acceptors (Lipinski definition) is 2. The summed E-state index contributed by atoms with van der Waals surface area (Å²) in [5.41, 5.74) is 3.25. The van der Waals surface area contributed by atoms with Crippen LogP contribution in [0.15, 0.2) is 0 Å². The lowest BCUT2D eigenvalue weighted by Crippen LogP contribution is -2.51. The first-order valence-electron chi connectivity index (χ1n) is 5.27. The summed E-state index contributed by atoms with van der Waals surface area (Å²) < 4.78 is 25.9. The Labute approximate surface area is 87.6 Å². The lowest BCUT2D eigenvalue weighted by atomic mass is 9.68. The summed E-state index contributed by atoms with van der Waals surface area (Å²) in [5, 5.41) is 8.99. The summed E-state index contributed by atoms with van der Waals surface area (Å²) in [7, 11) is 0. The number of carboxylic acid groups (broad SMARTS) is 1. The van der Waals surface area contributed by atoms with Gasteiger partial charge in [-0.15, -0.1) is 0 Å². The smallest absolute Gasteiger partial charge is 0.317 e. The number of carbonyl (C=O) groups is 1. The van der Waals surface area contributed by atoms with Crippen molar-refractivity contribution >= 4 is 5.97 Å². The van der Waals surface area contributed by atoms with E-state index in [0.29, 0.717) is 12.8 Å². The lowest BCUT2D eigenvalue weighted by Gasteiger charge is -2.37. The van der Waals surface area contributed by atoms with Crippen molar-refractivity contribution in [3.63, 3.8) is 0 Å². The Morgan fingerprint density at radius 2 is 1.93 bits per heavy atom. The summed E-state index contributed by atoms with van der Waals surface area (Å²) in [5.74, 6) is -1.93. The van der Waals surface area contributed by atoms with Crippen molar-refractivity contribution in [2.45, 2.75) is 38.5 Å². The number of halogens is 2. The van der Waals surface area contributed by atoms with Crippen molar-refractivity contribution in [3.05, 3.63) is 0 Å². The van der Waals surface area contributed by atoms with Crippen LogP contribution in [0.5, 0.6) is 0 Å². The molecule has 0 aromatic rings. The summed E-state index contributed by atoms with van der Waals surface area (Å²) in [6.07, 6.45) is 0.864. The van der Waals surface area contributed by atoms with E-state index in [1.165, 1.54) is 0 Å². The largest absolute Gasteiger partial charge is 0.481 e. The van der Waals surface area contributed by atoms with Crippen LogP contribution in [0.2, 0.25) is 0 Å². The average molecular weight is 221 g/mol. The first-order chi connectivity index (χ1) is 7.05. The monoisotopic (exact) mass is 221 g/mol. The van der Waals surface area contributed by atoms with Gasteiger partial charge >= 0.3 is 5.97 Å². The molecule has 3 nitrogen and oxygen atoms in total. The highest BCUT2D eigenvalue weighted by Crippen LogP contribution is 2.42. The minimum Gasteiger partial charge on any atom is -0.481 e. The topological polar surface area (TPSA) is 63.3 Å². The molecule has 0 spiro atoms. The molecule has 0 radical (unpaired) electrons. The highest BCUT2D eigenvalue weighted by Gasteiger charge is 2.52. The van der Waals surface area contributed by atoms with Gasteiger partial charge in [-0.1, -0.05) is 19.3 Å². The van der Waals surface area contributed by atoms with E-state index in [2.05, 4.69) is 0 Å². The van der Waals surface area contributed by atoms with E-state index in [1.54, 1.807) is 0 Å². The van der Waals surface area contributed by atoms with E-state index in [4.69, 9.17) is 10.8 Å². The zero-order valence-electron chi connectivity index (χ0n) is 8.59. The zero-order chi connectivity index (χ0) is 11.5. The van der Waals surface area contributed by atoms with E-state index in [9.17, 15) is 13.6 Å². The number of rotatable bonds is 4. The quantitative estimate of drug-likeness (QED) is 0.761. The molecule has 0 aromatic heterocycles. The highest BCUT2D eigenvalue weighted by atomic mass is 19.3. The molecule has 0 aromatic carbocycles. The predicted molar refractivity (Wildman–Crippen MR) is 51.7 cm³/mol. The molecule has 1 aliphatic rings. The van der Waals surface area contributed by atoms with Crippen LogP contribution >= 0.6 is 0 Å². The molecule has 88 valence electrons. The van der Waals surface area contributed by atoms with Crippen LogP contribution in [-0.4, -0.2) is 24.0 Å². The normalized spacial score (nSPS) is 22.7. The second kappa shape index (κ2) is 4.88. The van der Waals surface area contributed by atoms with E-state index in [1.807, 2.05) is 0 Å². The minimum atomic E-state index is -2.89. The van der Waals surface area contributed by atoms with Gasteiger partial charge in [0.2, 0.25) is 0 Å². The number of nitrogens with two attached hydrogens (primary N) is 1. The molecule has 0 bridgehead atoms. The summed E-state index contributed by atoms with van der Waals surface area (Å²) in [6, 6.07) is 0. The molecule has 1 aliphatic carbocycles. The molecule has 1 unspecified atom stereocenters. The van der Waals surface area contributed by atoms with Gasteiger partial charge in [-0.25, -0.2) is 8.78 Å². The maximum atomic E-state index is 12.9. The van der Waals surface area contributed by atoms with Crippen LogP contribution < -0.4 is 5.73 Å². The first kappa shape index (κ1) is 12.4. The Bertz CT molecular complexity index is 229. The molecule has 1 rings (SSSR count). The fourth-order valence-electron chi connectivity index (χ4n) is 2.41. The maximum absolute atomic E-state index is 12.9. The van der Waals surface area contributed by atoms with E-state index in [0.717, 1.165) is 19.3 Å². The van der Waals surface area contributed by atoms with Crippen molar-refractivity contribution in [1.82, 2.24) is 0 Å². The number of hydrogen-bond donors (Lipinski definition) is 2. The van der Waals surface area contributed by atoms with E-state index >= 15 is 0 Å². The van der Waals surface area contributed by atoms with Gasteiger partial charge in [-0.2, -0.15) is 0 Å². The van der Waals surface area contributed by atoms with Crippen LogP contribution in [0.3, 0.4) is 0 Å². The van der Waals surface area contributed by atoms with Crippen molar-refractivity contribution in [3.8, 4) is 0 Å². The Morgan fingerprint density at radius 3 is 2.27 bits per heavy atom. The molecule has 5 heteroatoms. The van der Waals surface area contributed by atoms with Gasteiger partial charge in [0.1, 0.15) is 5.41 Å². The third kappa shape index (κ3) is 2.12. The molecule has 3 N–H and O–H groups in total. The van der Waals surface area contributed by atoms with Gasteiger partial charge in [0.05, 0.1) is 0 Å². The standard InChI is InChI=1S/C10H17F2NO2/c11-8(12)10(6-13,9(14)15)7-4-2-1-3-5-7/h7-8H,1-6,13H2,(H,14,15).